The largest absolute Gasteiger partial charge is 0.348 e. The molecule has 1 aromatic heterocycles. The first-order valence-electron chi connectivity index (χ1n) is 7.06. The predicted octanol–water partition coefficient (Wildman–Crippen LogP) is 2.68. The zero-order chi connectivity index (χ0) is 13.8. The maximum atomic E-state index is 12.2. The first-order valence-corrected chi connectivity index (χ1v) is 7.06. The van der Waals surface area contributed by atoms with Crippen molar-refractivity contribution in [3.63, 3.8) is 0 Å². The molecule has 0 bridgehead atoms. The van der Waals surface area contributed by atoms with Crippen molar-refractivity contribution < 1.29 is 9.59 Å². The number of Topliss-reactive ketones (excluding diaryl/α,β-unsaturated/α-hetero) is 1. The van der Waals surface area contributed by atoms with Crippen LogP contribution in [0.4, 0.5) is 0 Å². The van der Waals surface area contributed by atoms with Crippen LogP contribution in [0.3, 0.4) is 0 Å². The van der Waals surface area contributed by atoms with Gasteiger partial charge in [-0.2, -0.15) is 0 Å². The molecule has 0 atom stereocenters. The van der Waals surface area contributed by atoms with Crippen LogP contribution in [0.25, 0.3) is 0 Å². The van der Waals surface area contributed by atoms with E-state index in [2.05, 4.69) is 5.32 Å². The molecule has 1 aliphatic rings. The molecule has 4 heteroatoms. The Morgan fingerprint density at radius 3 is 2.37 bits per heavy atom. The quantitative estimate of drug-likeness (QED) is 0.672. The Labute approximate surface area is 114 Å². The van der Waals surface area contributed by atoms with Gasteiger partial charge in [-0.3, -0.25) is 9.59 Å². The first-order chi connectivity index (χ1) is 9.08. The van der Waals surface area contributed by atoms with Crippen molar-refractivity contribution >= 4 is 11.7 Å². The maximum Gasteiger partial charge on any atom is 0.268 e. The van der Waals surface area contributed by atoms with E-state index in [4.69, 9.17) is 0 Å². The number of hydrogen-bond acceptors (Lipinski definition) is 2. The topological polar surface area (TPSA) is 51.1 Å². The molecule has 104 valence electrons. The van der Waals surface area contributed by atoms with Crippen LogP contribution in [-0.4, -0.2) is 22.3 Å². The molecule has 1 saturated carbocycles. The molecule has 0 unspecified atom stereocenters. The number of carbonyl (C=O) groups is 2. The monoisotopic (exact) mass is 262 g/mol. The number of hydrogen-bond donors (Lipinski definition) is 1. The van der Waals surface area contributed by atoms with Gasteiger partial charge in [-0.25, -0.2) is 0 Å². The molecule has 0 radical (unpaired) electrons. The number of nitrogens with zero attached hydrogens (tertiary/aromatic N) is 1. The van der Waals surface area contributed by atoms with Crippen LogP contribution in [0, 0.1) is 0 Å². The van der Waals surface area contributed by atoms with Crippen molar-refractivity contribution in [2.45, 2.75) is 51.5 Å². The number of ketones is 1. The van der Waals surface area contributed by atoms with Gasteiger partial charge >= 0.3 is 0 Å². The molecule has 2 rings (SSSR count). The fourth-order valence-corrected chi connectivity index (χ4v) is 2.67. The van der Waals surface area contributed by atoms with Crippen LogP contribution in [0.15, 0.2) is 12.3 Å². The Balaban J connectivity index is 2.04. The van der Waals surface area contributed by atoms with E-state index >= 15 is 0 Å². The molecular weight excluding hydrogens is 240 g/mol. The maximum absolute atomic E-state index is 12.2. The zero-order valence-electron chi connectivity index (χ0n) is 11.7. The molecular formula is C15H22N2O2. The minimum Gasteiger partial charge on any atom is -0.348 e. The third-order valence-corrected chi connectivity index (χ3v) is 3.83. The highest BCUT2D eigenvalue weighted by Crippen LogP contribution is 2.18. The van der Waals surface area contributed by atoms with Crippen molar-refractivity contribution in [2.24, 2.45) is 7.05 Å². The summed E-state index contributed by atoms with van der Waals surface area (Å²) < 4.78 is 1.72. The van der Waals surface area contributed by atoms with Crippen molar-refractivity contribution in [3.8, 4) is 0 Å². The summed E-state index contributed by atoms with van der Waals surface area (Å²) in [4.78, 5) is 23.6. The molecule has 4 nitrogen and oxygen atoms in total. The summed E-state index contributed by atoms with van der Waals surface area (Å²) in [6.45, 7) is 1.52. The summed E-state index contributed by atoms with van der Waals surface area (Å²) in [5.41, 5.74) is 1.16. The summed E-state index contributed by atoms with van der Waals surface area (Å²) >= 11 is 0. The van der Waals surface area contributed by atoms with Gasteiger partial charge in [0, 0.05) is 24.8 Å². The highest BCUT2D eigenvalue weighted by molar-refractivity contribution is 5.99. The van der Waals surface area contributed by atoms with Gasteiger partial charge in [0.15, 0.2) is 5.78 Å². The van der Waals surface area contributed by atoms with E-state index in [-0.39, 0.29) is 17.7 Å². The number of aryl methyl sites for hydroxylation is 1. The average Bonchev–Trinajstić information content (AvgIpc) is 2.58. The third kappa shape index (κ3) is 3.46. The lowest BCUT2D eigenvalue weighted by atomic mass is 10.1. The van der Waals surface area contributed by atoms with Crippen molar-refractivity contribution in [1.29, 1.82) is 0 Å². The standard InChI is InChI=1S/C15H22N2O2/c1-11(18)12-9-14(17(2)10-12)15(19)16-13-7-5-3-4-6-8-13/h9-10,13H,3-8H2,1-2H3,(H,16,19). The summed E-state index contributed by atoms with van der Waals surface area (Å²) in [7, 11) is 1.80. The molecule has 1 fully saturated rings. The third-order valence-electron chi connectivity index (χ3n) is 3.83. The Kier molecular flexibility index (Phi) is 4.40. The van der Waals surface area contributed by atoms with Gasteiger partial charge in [0.25, 0.3) is 5.91 Å². The van der Waals surface area contributed by atoms with E-state index in [9.17, 15) is 9.59 Å². The molecule has 1 aromatic rings. The summed E-state index contributed by atoms with van der Waals surface area (Å²) in [5, 5.41) is 3.10. The van der Waals surface area contributed by atoms with E-state index in [1.165, 1.54) is 32.6 Å². The lowest BCUT2D eigenvalue weighted by molar-refractivity contribution is 0.0925. The summed E-state index contributed by atoms with van der Waals surface area (Å²) in [6.07, 6.45) is 8.76. The number of carbonyl (C=O) groups excluding carboxylic acids is 2. The smallest absolute Gasteiger partial charge is 0.268 e. The van der Waals surface area contributed by atoms with E-state index < -0.39 is 0 Å². The Morgan fingerprint density at radius 1 is 1.21 bits per heavy atom. The highest BCUT2D eigenvalue weighted by Gasteiger charge is 2.18. The minimum atomic E-state index is -0.0677. The van der Waals surface area contributed by atoms with Crippen molar-refractivity contribution in [1.82, 2.24) is 9.88 Å². The second-order valence-corrected chi connectivity index (χ2v) is 5.44. The number of aromatic nitrogens is 1. The van der Waals surface area contributed by atoms with E-state index in [1.807, 2.05) is 0 Å². The van der Waals surface area contributed by atoms with Crippen LogP contribution in [0.5, 0.6) is 0 Å². The van der Waals surface area contributed by atoms with Gasteiger partial charge in [0.2, 0.25) is 0 Å². The van der Waals surface area contributed by atoms with E-state index in [0.717, 1.165) is 12.8 Å². The Hall–Kier alpha value is -1.58. The van der Waals surface area contributed by atoms with E-state index in [0.29, 0.717) is 11.3 Å². The van der Waals surface area contributed by atoms with Crippen molar-refractivity contribution in [2.75, 3.05) is 0 Å². The number of amides is 1. The highest BCUT2D eigenvalue weighted by atomic mass is 16.2. The fourth-order valence-electron chi connectivity index (χ4n) is 2.67. The molecule has 19 heavy (non-hydrogen) atoms. The van der Waals surface area contributed by atoms with Gasteiger partial charge in [-0.1, -0.05) is 25.7 Å². The predicted molar refractivity (Wildman–Crippen MR) is 74.4 cm³/mol. The molecule has 1 aliphatic carbocycles. The van der Waals surface area contributed by atoms with Crippen LogP contribution < -0.4 is 5.32 Å². The van der Waals surface area contributed by atoms with Crippen LogP contribution in [0.2, 0.25) is 0 Å². The van der Waals surface area contributed by atoms with Crippen LogP contribution >= 0.6 is 0 Å². The van der Waals surface area contributed by atoms with E-state index in [1.54, 1.807) is 23.9 Å². The zero-order valence-corrected chi connectivity index (χ0v) is 11.7. The second-order valence-electron chi connectivity index (χ2n) is 5.44. The van der Waals surface area contributed by atoms with Crippen LogP contribution in [0.1, 0.15) is 66.3 Å². The summed E-state index contributed by atoms with van der Waals surface area (Å²) in [6, 6.07) is 1.96. The number of rotatable bonds is 3. The molecule has 1 amide bonds. The van der Waals surface area contributed by atoms with Gasteiger partial charge in [0.1, 0.15) is 5.69 Å². The molecule has 0 aliphatic heterocycles. The van der Waals surface area contributed by atoms with Gasteiger partial charge in [-0.15, -0.1) is 0 Å². The molecule has 1 N–H and O–H groups in total. The Morgan fingerprint density at radius 2 is 1.84 bits per heavy atom. The lowest BCUT2D eigenvalue weighted by Crippen LogP contribution is -2.35. The van der Waals surface area contributed by atoms with Gasteiger partial charge < -0.3 is 9.88 Å². The minimum absolute atomic E-state index is 0.0101. The molecule has 0 saturated heterocycles. The molecule has 0 spiro atoms. The second kappa shape index (κ2) is 6.04. The van der Waals surface area contributed by atoms with Gasteiger partial charge in [-0.05, 0) is 25.8 Å². The molecule has 1 heterocycles. The molecule has 0 aromatic carbocycles. The van der Waals surface area contributed by atoms with Crippen molar-refractivity contribution in [3.05, 3.63) is 23.5 Å². The number of nitrogens with one attached hydrogen (secondary N) is 1. The van der Waals surface area contributed by atoms with Crippen LogP contribution in [-0.2, 0) is 7.05 Å². The van der Waals surface area contributed by atoms with Gasteiger partial charge in [0.05, 0.1) is 0 Å². The average molecular weight is 262 g/mol. The Bertz CT molecular complexity index is 468. The SMILES string of the molecule is CC(=O)c1cc(C(=O)NC2CCCCCC2)n(C)c1. The summed E-state index contributed by atoms with van der Waals surface area (Å²) in [5.74, 6) is -0.0778. The lowest BCUT2D eigenvalue weighted by Gasteiger charge is -2.16. The first kappa shape index (κ1) is 13.8. The normalized spacial score (nSPS) is 16.9. The fraction of sp³-hybridized carbons (Fsp3) is 0.600.